The fraction of sp³-hybridized carbons (Fsp3) is 0.167. The van der Waals surface area contributed by atoms with E-state index in [2.05, 4.69) is 15.8 Å². The summed E-state index contributed by atoms with van der Waals surface area (Å²) in [6.07, 6.45) is 0.424. The lowest BCUT2D eigenvalue weighted by Crippen LogP contribution is -2.31. The van der Waals surface area contributed by atoms with E-state index >= 15 is 0 Å². The van der Waals surface area contributed by atoms with Gasteiger partial charge in [-0.1, -0.05) is 30.7 Å². The van der Waals surface area contributed by atoms with Gasteiger partial charge in [0.1, 0.15) is 0 Å². The molecule has 24 heavy (non-hydrogen) atoms. The number of rotatable bonds is 3. The maximum Gasteiger partial charge on any atom is 0.255 e. The molecule has 0 radical (unpaired) electrons. The maximum absolute atomic E-state index is 12.2. The maximum atomic E-state index is 12.2. The lowest BCUT2D eigenvalue weighted by Gasteiger charge is -2.19. The number of anilines is 1. The molecule has 5 nitrogen and oxygen atoms in total. The Bertz CT molecular complexity index is 798. The van der Waals surface area contributed by atoms with E-state index in [0.717, 1.165) is 11.3 Å². The molecule has 0 spiro atoms. The van der Waals surface area contributed by atoms with E-state index in [1.807, 2.05) is 31.2 Å². The van der Waals surface area contributed by atoms with E-state index in [9.17, 15) is 9.59 Å². The van der Waals surface area contributed by atoms with Crippen LogP contribution in [0, 0.1) is 5.92 Å². The summed E-state index contributed by atoms with van der Waals surface area (Å²) in [5.41, 5.74) is 5.49. The van der Waals surface area contributed by atoms with Gasteiger partial charge in [0, 0.05) is 28.6 Å². The monoisotopic (exact) mass is 341 g/mol. The van der Waals surface area contributed by atoms with Gasteiger partial charge in [-0.15, -0.1) is 0 Å². The highest BCUT2D eigenvalue weighted by molar-refractivity contribution is 6.30. The average Bonchev–Trinajstić information content (AvgIpc) is 2.56. The van der Waals surface area contributed by atoms with Crippen LogP contribution >= 0.6 is 11.6 Å². The Labute approximate surface area is 144 Å². The summed E-state index contributed by atoms with van der Waals surface area (Å²) in [4.78, 5) is 23.5. The molecule has 1 heterocycles. The van der Waals surface area contributed by atoms with Crippen LogP contribution in [0.4, 0.5) is 5.69 Å². The number of amides is 2. The van der Waals surface area contributed by atoms with Crippen LogP contribution in [-0.2, 0) is 4.79 Å². The molecule has 2 aromatic rings. The Hall–Kier alpha value is -2.66. The van der Waals surface area contributed by atoms with Crippen molar-refractivity contribution in [3.05, 3.63) is 64.7 Å². The number of hydrazone groups is 1. The minimum absolute atomic E-state index is 0.0632. The van der Waals surface area contributed by atoms with E-state index < -0.39 is 0 Å². The van der Waals surface area contributed by atoms with E-state index in [4.69, 9.17) is 11.6 Å². The summed E-state index contributed by atoms with van der Waals surface area (Å²) in [7, 11) is 0. The summed E-state index contributed by atoms with van der Waals surface area (Å²) < 4.78 is 0. The SMILES string of the molecule is CC1CC(=O)NN=C1c1ccc(NC(=O)c2ccc(Cl)cc2)cc1. The van der Waals surface area contributed by atoms with Crippen molar-refractivity contribution in [3.8, 4) is 0 Å². The van der Waals surface area contributed by atoms with Crippen molar-refractivity contribution in [2.75, 3.05) is 5.32 Å². The topological polar surface area (TPSA) is 70.6 Å². The smallest absolute Gasteiger partial charge is 0.255 e. The van der Waals surface area contributed by atoms with Gasteiger partial charge in [0.05, 0.1) is 5.71 Å². The zero-order valence-electron chi connectivity index (χ0n) is 13.0. The summed E-state index contributed by atoms with van der Waals surface area (Å²) in [6, 6.07) is 14.1. The first kappa shape index (κ1) is 16.2. The third-order valence-corrected chi connectivity index (χ3v) is 4.06. The number of nitrogens with zero attached hydrogens (tertiary/aromatic N) is 1. The fourth-order valence-electron chi connectivity index (χ4n) is 2.53. The first-order chi connectivity index (χ1) is 11.5. The molecule has 0 fully saturated rings. The average molecular weight is 342 g/mol. The number of nitrogens with one attached hydrogen (secondary N) is 2. The molecule has 6 heteroatoms. The second kappa shape index (κ2) is 6.84. The molecule has 0 aromatic heterocycles. The minimum atomic E-state index is -0.199. The van der Waals surface area contributed by atoms with Crippen LogP contribution in [0.25, 0.3) is 0 Å². The van der Waals surface area contributed by atoms with Gasteiger partial charge >= 0.3 is 0 Å². The highest BCUT2D eigenvalue weighted by atomic mass is 35.5. The van der Waals surface area contributed by atoms with Crippen molar-refractivity contribution in [1.82, 2.24) is 5.43 Å². The number of hydrogen-bond donors (Lipinski definition) is 2. The van der Waals surface area contributed by atoms with Gasteiger partial charge in [-0.2, -0.15) is 5.10 Å². The molecule has 2 N–H and O–H groups in total. The molecule has 2 amide bonds. The Morgan fingerprint density at radius 2 is 1.83 bits per heavy atom. The molecule has 122 valence electrons. The Morgan fingerprint density at radius 1 is 1.17 bits per heavy atom. The molecular weight excluding hydrogens is 326 g/mol. The van der Waals surface area contributed by atoms with Crippen LogP contribution in [0.1, 0.15) is 29.3 Å². The Morgan fingerprint density at radius 3 is 2.46 bits per heavy atom. The van der Waals surface area contributed by atoms with E-state index in [-0.39, 0.29) is 17.7 Å². The predicted molar refractivity (Wildman–Crippen MR) is 94.3 cm³/mol. The van der Waals surface area contributed by atoms with Crippen LogP contribution in [-0.4, -0.2) is 17.5 Å². The first-order valence-electron chi connectivity index (χ1n) is 7.57. The molecule has 0 saturated carbocycles. The molecule has 0 aliphatic carbocycles. The fourth-order valence-corrected chi connectivity index (χ4v) is 2.66. The number of carbonyl (C=O) groups excluding carboxylic acids is 2. The van der Waals surface area contributed by atoms with Crippen molar-refractivity contribution in [3.63, 3.8) is 0 Å². The van der Waals surface area contributed by atoms with Crippen LogP contribution in [0.3, 0.4) is 0 Å². The largest absolute Gasteiger partial charge is 0.322 e. The van der Waals surface area contributed by atoms with Gasteiger partial charge in [-0.25, -0.2) is 5.43 Å². The third kappa shape index (κ3) is 3.63. The molecule has 2 aromatic carbocycles. The van der Waals surface area contributed by atoms with Crippen LogP contribution in [0.5, 0.6) is 0 Å². The van der Waals surface area contributed by atoms with Gasteiger partial charge in [-0.05, 0) is 42.0 Å². The second-order valence-electron chi connectivity index (χ2n) is 5.68. The van der Waals surface area contributed by atoms with E-state index in [1.54, 1.807) is 24.3 Å². The molecule has 1 unspecified atom stereocenters. The summed E-state index contributed by atoms with van der Waals surface area (Å²) in [6.45, 7) is 1.97. The Balaban J connectivity index is 1.72. The quantitative estimate of drug-likeness (QED) is 0.897. The van der Waals surface area contributed by atoms with Crippen molar-refractivity contribution >= 4 is 34.8 Å². The van der Waals surface area contributed by atoms with Gasteiger partial charge in [0.25, 0.3) is 5.91 Å². The molecular formula is C18H16ClN3O2. The summed E-state index contributed by atoms with van der Waals surface area (Å²) >= 11 is 5.82. The number of carbonyl (C=O) groups is 2. The second-order valence-corrected chi connectivity index (χ2v) is 6.11. The highest BCUT2D eigenvalue weighted by Gasteiger charge is 2.21. The van der Waals surface area contributed by atoms with Crippen LogP contribution in [0.2, 0.25) is 5.02 Å². The zero-order chi connectivity index (χ0) is 17.1. The molecule has 0 bridgehead atoms. The highest BCUT2D eigenvalue weighted by Crippen LogP contribution is 2.19. The third-order valence-electron chi connectivity index (χ3n) is 3.80. The molecule has 1 aliphatic rings. The predicted octanol–water partition coefficient (Wildman–Crippen LogP) is 3.45. The van der Waals surface area contributed by atoms with Crippen molar-refractivity contribution in [1.29, 1.82) is 0 Å². The van der Waals surface area contributed by atoms with Crippen LogP contribution < -0.4 is 10.7 Å². The van der Waals surface area contributed by atoms with Gasteiger partial charge in [0.15, 0.2) is 0 Å². The number of hydrogen-bond acceptors (Lipinski definition) is 3. The van der Waals surface area contributed by atoms with E-state index in [1.165, 1.54) is 0 Å². The van der Waals surface area contributed by atoms with Crippen molar-refractivity contribution in [2.24, 2.45) is 11.0 Å². The first-order valence-corrected chi connectivity index (χ1v) is 7.94. The lowest BCUT2D eigenvalue weighted by molar-refractivity contribution is -0.121. The molecule has 1 atom stereocenters. The molecule has 3 rings (SSSR count). The lowest BCUT2D eigenvalue weighted by atomic mass is 9.94. The zero-order valence-corrected chi connectivity index (χ0v) is 13.8. The molecule has 1 aliphatic heterocycles. The molecule has 0 saturated heterocycles. The van der Waals surface area contributed by atoms with Crippen molar-refractivity contribution < 1.29 is 9.59 Å². The number of benzene rings is 2. The standard InChI is InChI=1S/C18H16ClN3O2/c1-11-10-16(23)21-22-17(11)12-4-8-15(9-5-12)20-18(24)13-2-6-14(19)7-3-13/h2-9,11H,10H2,1H3,(H,20,24)(H,21,23). The van der Waals surface area contributed by atoms with Gasteiger partial charge < -0.3 is 5.32 Å². The summed E-state index contributed by atoms with van der Waals surface area (Å²) in [5.74, 6) is -0.207. The van der Waals surface area contributed by atoms with E-state index in [0.29, 0.717) is 22.7 Å². The normalized spacial score (nSPS) is 17.0. The summed E-state index contributed by atoms with van der Waals surface area (Å²) in [5, 5.41) is 7.55. The van der Waals surface area contributed by atoms with Crippen LogP contribution in [0.15, 0.2) is 53.6 Å². The van der Waals surface area contributed by atoms with Gasteiger partial charge in [0.2, 0.25) is 5.91 Å². The Kier molecular flexibility index (Phi) is 4.62. The minimum Gasteiger partial charge on any atom is -0.322 e. The van der Waals surface area contributed by atoms with Crippen molar-refractivity contribution in [2.45, 2.75) is 13.3 Å². The number of halogens is 1. The van der Waals surface area contributed by atoms with Gasteiger partial charge in [-0.3, -0.25) is 9.59 Å².